The molecule has 0 aliphatic rings. The van der Waals surface area contributed by atoms with Crippen LogP contribution < -0.4 is 5.32 Å². The van der Waals surface area contributed by atoms with Gasteiger partial charge < -0.3 is 0 Å². The lowest BCUT2D eigenvalue weighted by atomic mass is 10.1. The zero-order valence-corrected chi connectivity index (χ0v) is 21.2. The molecule has 1 aromatic carbocycles. The third-order valence-electron chi connectivity index (χ3n) is 4.57. The lowest BCUT2D eigenvalue weighted by Crippen LogP contribution is -2.24. The number of thioether (sulfide) groups is 1. The van der Waals surface area contributed by atoms with Gasteiger partial charge >= 0.3 is 0 Å². The standard InChI is InChI=1S/C21H20BrN5OS3/c1-4-15(17(28)25-21-27-26-18(31-21)11(2)3)30-20-16-14(9-29-19(16)23-10-24-20)12-5-7-13(22)8-6-12/h5-11,15H,4H2,1-3H3,(H,25,27,28). The third kappa shape index (κ3) is 4.97. The molecule has 0 spiro atoms. The van der Waals surface area contributed by atoms with Gasteiger partial charge in [-0.1, -0.05) is 71.9 Å². The van der Waals surface area contributed by atoms with Crippen molar-refractivity contribution in [3.8, 4) is 11.1 Å². The monoisotopic (exact) mass is 533 g/mol. The fraction of sp³-hybridized carbons (Fsp3) is 0.286. The molecule has 0 saturated heterocycles. The van der Waals surface area contributed by atoms with Crippen LogP contribution in [0, 0.1) is 0 Å². The molecule has 4 rings (SSSR count). The molecular weight excluding hydrogens is 514 g/mol. The van der Waals surface area contributed by atoms with Crippen LogP contribution in [0.25, 0.3) is 21.3 Å². The first-order chi connectivity index (χ1) is 15.0. The van der Waals surface area contributed by atoms with Gasteiger partial charge in [-0.05, 0) is 24.1 Å². The van der Waals surface area contributed by atoms with Gasteiger partial charge in [0.15, 0.2) is 0 Å². The number of carbonyl (C=O) groups is 1. The Morgan fingerprint density at radius 3 is 2.65 bits per heavy atom. The first kappa shape index (κ1) is 22.3. The smallest absolute Gasteiger partial charge is 0.239 e. The normalized spacial score (nSPS) is 12.4. The second kappa shape index (κ2) is 9.72. The van der Waals surface area contributed by atoms with Gasteiger partial charge in [-0.2, -0.15) is 0 Å². The van der Waals surface area contributed by atoms with Crippen molar-refractivity contribution in [1.29, 1.82) is 0 Å². The van der Waals surface area contributed by atoms with E-state index in [-0.39, 0.29) is 17.1 Å². The number of aromatic nitrogens is 4. The highest BCUT2D eigenvalue weighted by Gasteiger charge is 2.23. The van der Waals surface area contributed by atoms with Crippen LogP contribution in [-0.4, -0.2) is 31.3 Å². The van der Waals surface area contributed by atoms with Gasteiger partial charge in [0.25, 0.3) is 0 Å². The van der Waals surface area contributed by atoms with Gasteiger partial charge in [0.05, 0.1) is 10.6 Å². The number of carbonyl (C=O) groups excluding carboxylic acids is 1. The Morgan fingerprint density at radius 1 is 1.19 bits per heavy atom. The van der Waals surface area contributed by atoms with E-state index in [0.29, 0.717) is 11.6 Å². The zero-order chi connectivity index (χ0) is 22.0. The summed E-state index contributed by atoms with van der Waals surface area (Å²) in [6.45, 7) is 6.11. The number of amides is 1. The predicted octanol–water partition coefficient (Wildman–Crippen LogP) is 6.61. The predicted molar refractivity (Wildman–Crippen MR) is 133 cm³/mol. The molecule has 1 amide bonds. The number of thiophene rings is 1. The average Bonchev–Trinajstić information content (AvgIpc) is 3.40. The molecule has 1 unspecified atom stereocenters. The summed E-state index contributed by atoms with van der Waals surface area (Å²) >= 11 is 7.96. The first-order valence-electron chi connectivity index (χ1n) is 9.75. The number of fused-ring (bicyclic) bond motifs is 1. The van der Waals surface area contributed by atoms with Crippen molar-refractivity contribution in [2.75, 3.05) is 5.32 Å². The van der Waals surface area contributed by atoms with Crippen LogP contribution in [0.2, 0.25) is 0 Å². The minimum atomic E-state index is -0.304. The first-order valence-corrected chi connectivity index (χ1v) is 13.1. The van der Waals surface area contributed by atoms with Crippen molar-refractivity contribution in [3.63, 3.8) is 0 Å². The van der Waals surface area contributed by atoms with Crippen LogP contribution >= 0.6 is 50.4 Å². The van der Waals surface area contributed by atoms with Crippen LogP contribution in [0.5, 0.6) is 0 Å². The molecule has 3 heterocycles. The summed E-state index contributed by atoms with van der Waals surface area (Å²) in [6.07, 6.45) is 2.23. The SMILES string of the molecule is CCC(Sc1ncnc2scc(-c3ccc(Br)cc3)c12)C(=O)Nc1nnc(C(C)C)s1. The number of rotatable bonds is 7. The number of anilines is 1. The molecular formula is C21H20BrN5OS3. The van der Waals surface area contributed by atoms with E-state index in [0.717, 1.165) is 35.8 Å². The second-order valence-corrected chi connectivity index (χ2v) is 11.1. The highest BCUT2D eigenvalue weighted by Crippen LogP contribution is 2.40. The number of nitrogens with one attached hydrogen (secondary N) is 1. The summed E-state index contributed by atoms with van der Waals surface area (Å²) < 4.78 is 1.03. The molecule has 0 fully saturated rings. The van der Waals surface area contributed by atoms with Crippen LogP contribution in [-0.2, 0) is 4.79 Å². The third-order valence-corrected chi connectivity index (χ3v) is 8.49. The van der Waals surface area contributed by atoms with Crippen LogP contribution in [0.4, 0.5) is 5.13 Å². The number of hydrogen-bond acceptors (Lipinski definition) is 8. The summed E-state index contributed by atoms with van der Waals surface area (Å²) in [5, 5.41) is 16.2. The molecule has 10 heteroatoms. The Kier molecular flexibility index (Phi) is 7.00. The van der Waals surface area contributed by atoms with Gasteiger partial charge in [-0.3, -0.25) is 10.1 Å². The van der Waals surface area contributed by atoms with E-state index in [9.17, 15) is 4.79 Å². The van der Waals surface area contributed by atoms with E-state index in [1.807, 2.05) is 19.1 Å². The Hall–Kier alpha value is -1.88. The molecule has 0 bridgehead atoms. The Labute approximate surface area is 201 Å². The van der Waals surface area contributed by atoms with Gasteiger partial charge in [0.2, 0.25) is 11.0 Å². The maximum atomic E-state index is 13.0. The van der Waals surface area contributed by atoms with E-state index in [1.165, 1.54) is 23.1 Å². The molecule has 6 nitrogen and oxygen atoms in total. The van der Waals surface area contributed by atoms with Crippen LogP contribution in [0.15, 0.2) is 45.5 Å². The molecule has 31 heavy (non-hydrogen) atoms. The van der Waals surface area contributed by atoms with Gasteiger partial charge in [0.1, 0.15) is 21.2 Å². The summed E-state index contributed by atoms with van der Waals surface area (Å²) in [7, 11) is 0. The Bertz CT molecular complexity index is 1210. The molecule has 1 atom stereocenters. The number of hydrogen-bond donors (Lipinski definition) is 1. The molecule has 160 valence electrons. The molecule has 1 N–H and O–H groups in total. The molecule has 0 aliphatic carbocycles. The molecule has 0 aliphatic heterocycles. The number of benzene rings is 1. The number of halogens is 1. The fourth-order valence-corrected chi connectivity index (χ4v) is 5.97. The van der Waals surface area contributed by atoms with Crippen molar-refractivity contribution in [1.82, 2.24) is 20.2 Å². The molecule has 3 aromatic heterocycles. The van der Waals surface area contributed by atoms with Crippen molar-refractivity contribution in [2.24, 2.45) is 0 Å². The second-order valence-electron chi connectivity index (χ2n) is 7.12. The van der Waals surface area contributed by atoms with Gasteiger partial charge in [0, 0.05) is 21.3 Å². The lowest BCUT2D eigenvalue weighted by molar-refractivity contribution is -0.115. The average molecular weight is 535 g/mol. The van der Waals surface area contributed by atoms with Crippen molar-refractivity contribution < 1.29 is 4.79 Å². The van der Waals surface area contributed by atoms with E-state index < -0.39 is 0 Å². The number of nitrogens with zero attached hydrogens (tertiary/aromatic N) is 4. The highest BCUT2D eigenvalue weighted by molar-refractivity contribution is 9.10. The van der Waals surface area contributed by atoms with Crippen LogP contribution in [0.1, 0.15) is 38.1 Å². The summed E-state index contributed by atoms with van der Waals surface area (Å²) in [5.74, 6) is 0.190. The summed E-state index contributed by atoms with van der Waals surface area (Å²) in [4.78, 5) is 22.8. The van der Waals surface area contributed by atoms with Crippen molar-refractivity contribution in [2.45, 2.75) is 43.4 Å². The lowest BCUT2D eigenvalue weighted by Gasteiger charge is -2.14. The maximum Gasteiger partial charge on any atom is 0.239 e. The van der Waals surface area contributed by atoms with Crippen molar-refractivity contribution >= 4 is 71.6 Å². The van der Waals surface area contributed by atoms with E-state index in [1.54, 1.807) is 17.7 Å². The summed E-state index contributed by atoms with van der Waals surface area (Å²) in [5.41, 5.74) is 2.18. The zero-order valence-electron chi connectivity index (χ0n) is 17.1. The largest absolute Gasteiger partial charge is 0.300 e. The fourth-order valence-electron chi connectivity index (χ4n) is 2.94. The quantitative estimate of drug-likeness (QED) is 0.212. The summed E-state index contributed by atoms with van der Waals surface area (Å²) in [6, 6.07) is 8.17. The molecule has 0 saturated carbocycles. The molecule has 4 aromatic rings. The highest BCUT2D eigenvalue weighted by atomic mass is 79.9. The van der Waals surface area contributed by atoms with Gasteiger partial charge in [-0.25, -0.2) is 9.97 Å². The Balaban J connectivity index is 1.60. The topological polar surface area (TPSA) is 80.7 Å². The minimum Gasteiger partial charge on any atom is -0.300 e. The Morgan fingerprint density at radius 2 is 1.97 bits per heavy atom. The van der Waals surface area contributed by atoms with E-state index in [4.69, 9.17) is 0 Å². The van der Waals surface area contributed by atoms with Crippen LogP contribution in [0.3, 0.4) is 0 Å². The molecule has 0 radical (unpaired) electrons. The van der Waals surface area contributed by atoms with Gasteiger partial charge in [-0.15, -0.1) is 21.5 Å². The van der Waals surface area contributed by atoms with E-state index >= 15 is 0 Å². The maximum absolute atomic E-state index is 13.0. The minimum absolute atomic E-state index is 0.0915. The van der Waals surface area contributed by atoms with E-state index in [2.05, 4.69) is 72.8 Å². The van der Waals surface area contributed by atoms with Crippen molar-refractivity contribution in [3.05, 3.63) is 45.5 Å².